The van der Waals surface area contributed by atoms with E-state index in [9.17, 15) is 9.90 Å². The molecule has 3 aromatic carbocycles. The van der Waals surface area contributed by atoms with Crippen LogP contribution in [0, 0.1) is 5.92 Å². The van der Waals surface area contributed by atoms with E-state index in [1.54, 1.807) is 0 Å². The van der Waals surface area contributed by atoms with Crippen LogP contribution in [-0.4, -0.2) is 15.2 Å². The van der Waals surface area contributed by atoms with E-state index in [-0.39, 0.29) is 5.41 Å². The summed E-state index contributed by atoms with van der Waals surface area (Å²) in [4.78, 5) is 11.3. The van der Waals surface area contributed by atoms with Crippen LogP contribution in [0.25, 0.3) is 0 Å². The molecular formula is C29H34O2S2. The van der Waals surface area contributed by atoms with Crippen LogP contribution in [0.3, 0.4) is 0 Å². The summed E-state index contributed by atoms with van der Waals surface area (Å²) in [5.74, 6) is -0.467. The number of hydrogen-bond acceptors (Lipinski definition) is 3. The molecule has 4 heteroatoms. The lowest BCUT2D eigenvalue weighted by Crippen LogP contribution is -2.30. The van der Waals surface area contributed by atoms with Gasteiger partial charge in [-0.3, -0.25) is 0 Å². The summed E-state index contributed by atoms with van der Waals surface area (Å²) >= 11 is 8.44. The van der Waals surface area contributed by atoms with Crippen molar-refractivity contribution in [1.29, 1.82) is 0 Å². The van der Waals surface area contributed by atoms with Gasteiger partial charge in [-0.1, -0.05) is 117 Å². The minimum Gasteiger partial charge on any atom is -0.480 e. The highest BCUT2D eigenvalue weighted by atomic mass is 32.2. The average molecular weight is 479 g/mol. The Morgan fingerprint density at radius 1 is 0.758 bits per heavy atom. The maximum Gasteiger partial charge on any atom is 0.329 e. The number of benzene rings is 3. The highest BCUT2D eigenvalue weighted by Gasteiger charge is 2.36. The molecule has 0 fully saturated rings. The minimum atomic E-state index is -1.26. The largest absolute Gasteiger partial charge is 0.480 e. The zero-order valence-electron chi connectivity index (χ0n) is 19.2. The quantitative estimate of drug-likeness (QED) is 0.142. The van der Waals surface area contributed by atoms with Crippen molar-refractivity contribution < 1.29 is 9.90 Å². The van der Waals surface area contributed by atoms with E-state index in [1.807, 2.05) is 0 Å². The second-order valence-corrected chi connectivity index (χ2v) is 10.7. The zero-order valence-corrected chi connectivity index (χ0v) is 21.0. The molecule has 0 aromatic heterocycles. The van der Waals surface area contributed by atoms with E-state index in [2.05, 4.69) is 123 Å². The first-order chi connectivity index (χ1) is 15.9. The summed E-state index contributed by atoms with van der Waals surface area (Å²) in [7, 11) is 0. The molecule has 3 aromatic rings. The number of hydrogen-bond donors (Lipinski definition) is 3. The van der Waals surface area contributed by atoms with E-state index >= 15 is 0 Å². The van der Waals surface area contributed by atoms with Crippen LogP contribution in [0.2, 0.25) is 0 Å². The molecule has 0 radical (unpaired) electrons. The molecule has 1 N–H and O–H groups in total. The number of carboxylic acid groups (broad SMARTS) is 1. The fraction of sp³-hybridized carbons (Fsp3) is 0.345. The maximum absolute atomic E-state index is 11.3. The van der Waals surface area contributed by atoms with E-state index in [0.29, 0.717) is 12.3 Å². The summed E-state index contributed by atoms with van der Waals surface area (Å²) < 4.78 is -1.26. The monoisotopic (exact) mass is 478 g/mol. The average Bonchev–Trinajstić information content (AvgIpc) is 2.85. The van der Waals surface area contributed by atoms with Crippen LogP contribution in [0.4, 0.5) is 0 Å². The van der Waals surface area contributed by atoms with Gasteiger partial charge in [-0.05, 0) is 41.9 Å². The molecule has 0 bridgehead atoms. The molecule has 0 heterocycles. The molecule has 174 valence electrons. The summed E-state index contributed by atoms with van der Waals surface area (Å²) in [6.45, 7) is 2.23. The van der Waals surface area contributed by atoms with E-state index in [1.165, 1.54) is 16.7 Å². The number of aliphatic carboxylic acids is 1. The molecule has 0 spiro atoms. The van der Waals surface area contributed by atoms with Gasteiger partial charge in [0.2, 0.25) is 0 Å². The molecule has 2 nitrogen and oxygen atoms in total. The minimum absolute atomic E-state index is 0.241. The molecule has 0 aliphatic carbocycles. The Labute approximate surface area is 209 Å². The topological polar surface area (TPSA) is 37.3 Å². The van der Waals surface area contributed by atoms with Gasteiger partial charge in [0, 0.05) is 5.41 Å². The Hall–Kier alpha value is -2.17. The van der Waals surface area contributed by atoms with Crippen LogP contribution in [0.1, 0.15) is 62.1 Å². The van der Waals surface area contributed by atoms with Gasteiger partial charge in [-0.25, -0.2) is 4.79 Å². The Balaban J connectivity index is 1.91. The number of rotatable bonds is 12. The first-order valence-electron chi connectivity index (χ1n) is 11.7. The SMILES string of the molecule is CCC(CCCC(S)(S)C(=O)O)CCC(c1ccccc1)(c1ccccc1)c1ccccc1. The van der Waals surface area contributed by atoms with Gasteiger partial charge in [0.15, 0.2) is 4.08 Å². The van der Waals surface area contributed by atoms with Gasteiger partial charge >= 0.3 is 5.97 Å². The molecule has 0 saturated heterocycles. The lowest BCUT2D eigenvalue weighted by atomic mass is 9.65. The number of carboxylic acids is 1. The smallest absolute Gasteiger partial charge is 0.329 e. The molecule has 0 amide bonds. The molecule has 1 atom stereocenters. The number of carbonyl (C=O) groups is 1. The van der Waals surface area contributed by atoms with Crippen molar-refractivity contribution in [3.63, 3.8) is 0 Å². The van der Waals surface area contributed by atoms with Crippen LogP contribution in [-0.2, 0) is 10.2 Å². The third kappa shape index (κ3) is 6.24. The normalized spacial score (nSPS) is 12.9. The Morgan fingerprint density at radius 3 is 1.55 bits per heavy atom. The van der Waals surface area contributed by atoms with Crippen molar-refractivity contribution in [2.75, 3.05) is 0 Å². The molecule has 33 heavy (non-hydrogen) atoms. The van der Waals surface area contributed by atoms with Crippen molar-refractivity contribution >= 4 is 31.2 Å². The van der Waals surface area contributed by atoms with Gasteiger partial charge in [-0.15, -0.1) is 0 Å². The van der Waals surface area contributed by atoms with Crippen LogP contribution in [0.5, 0.6) is 0 Å². The molecule has 0 aliphatic rings. The first kappa shape index (κ1) is 25.5. The maximum atomic E-state index is 11.3. The van der Waals surface area contributed by atoms with Gasteiger partial charge < -0.3 is 5.11 Å². The van der Waals surface area contributed by atoms with Crippen molar-refractivity contribution in [3.05, 3.63) is 108 Å². The standard InChI is InChI=1S/C29H34O2S2/c1-2-23(13-12-21-29(32,33)27(30)31)20-22-28(24-14-6-3-7-15-24,25-16-8-4-9-17-25)26-18-10-5-11-19-26/h3-11,14-19,23,32-33H,2,12-13,20-22H2,1H3,(H,30,31). The van der Waals surface area contributed by atoms with E-state index in [4.69, 9.17) is 0 Å². The predicted octanol–water partition coefficient (Wildman–Crippen LogP) is 7.64. The highest BCUT2D eigenvalue weighted by molar-refractivity contribution is 8.01. The Bertz CT molecular complexity index is 891. The fourth-order valence-electron chi connectivity index (χ4n) is 4.82. The van der Waals surface area contributed by atoms with Crippen LogP contribution >= 0.6 is 25.3 Å². The summed E-state index contributed by atoms with van der Waals surface area (Å²) in [6, 6.07) is 32.4. The predicted molar refractivity (Wildman–Crippen MR) is 144 cm³/mol. The van der Waals surface area contributed by atoms with Gasteiger partial charge in [0.1, 0.15) is 0 Å². The van der Waals surface area contributed by atoms with Crippen molar-refractivity contribution in [1.82, 2.24) is 0 Å². The second kappa shape index (κ2) is 11.8. The second-order valence-electron chi connectivity index (χ2n) is 8.83. The third-order valence-corrected chi connectivity index (χ3v) is 7.61. The lowest BCUT2D eigenvalue weighted by Gasteiger charge is -2.37. The molecule has 0 aliphatic heterocycles. The van der Waals surface area contributed by atoms with Crippen molar-refractivity contribution in [2.24, 2.45) is 5.92 Å². The first-order valence-corrected chi connectivity index (χ1v) is 12.6. The zero-order chi connectivity index (χ0) is 23.7. The third-order valence-electron chi connectivity index (χ3n) is 6.78. The van der Waals surface area contributed by atoms with Gasteiger partial charge in [0.05, 0.1) is 0 Å². The Kier molecular flexibility index (Phi) is 9.10. The van der Waals surface area contributed by atoms with Crippen molar-refractivity contribution in [3.8, 4) is 0 Å². The van der Waals surface area contributed by atoms with Crippen molar-refractivity contribution in [2.45, 2.75) is 54.9 Å². The van der Waals surface area contributed by atoms with Crippen LogP contribution < -0.4 is 0 Å². The van der Waals surface area contributed by atoms with E-state index in [0.717, 1.165) is 32.1 Å². The summed E-state index contributed by atoms with van der Waals surface area (Å²) in [6.07, 6.45) is 5.32. The molecular weight excluding hydrogens is 444 g/mol. The lowest BCUT2D eigenvalue weighted by molar-refractivity contribution is -0.137. The van der Waals surface area contributed by atoms with Gasteiger partial charge in [0.25, 0.3) is 0 Å². The molecule has 1 unspecified atom stereocenters. The highest BCUT2D eigenvalue weighted by Crippen LogP contribution is 2.44. The fourth-order valence-corrected chi connectivity index (χ4v) is 5.13. The van der Waals surface area contributed by atoms with E-state index < -0.39 is 10.0 Å². The summed E-state index contributed by atoms with van der Waals surface area (Å²) in [5, 5.41) is 9.30. The van der Waals surface area contributed by atoms with Crippen LogP contribution in [0.15, 0.2) is 91.0 Å². The summed E-state index contributed by atoms with van der Waals surface area (Å²) in [5.41, 5.74) is 3.66. The number of thiol groups is 2. The molecule has 3 rings (SSSR count). The Morgan fingerprint density at radius 2 is 1.18 bits per heavy atom. The molecule has 0 saturated carbocycles. The van der Waals surface area contributed by atoms with Gasteiger partial charge in [-0.2, -0.15) is 25.3 Å².